The van der Waals surface area contributed by atoms with Crippen molar-refractivity contribution in [1.82, 2.24) is 26.6 Å². The van der Waals surface area contributed by atoms with Crippen LogP contribution in [-0.2, 0) is 28.7 Å². The van der Waals surface area contributed by atoms with E-state index in [-0.39, 0.29) is 43.6 Å². The fraction of sp³-hybridized carbons (Fsp3) is 0.818. The lowest BCUT2D eigenvalue weighted by molar-refractivity contribution is -0.236. The highest BCUT2D eigenvalue weighted by atomic mass is 32.2. The predicted octanol–water partition coefficient (Wildman–Crippen LogP) is -2.61. The first-order valence-corrected chi connectivity index (χ1v) is 20.8. The zero-order chi connectivity index (χ0) is 39.5. The lowest BCUT2D eigenvalue weighted by Crippen LogP contribution is -2.65. The molecule has 1 aliphatic carbocycles. The molecule has 1 saturated carbocycles. The van der Waals surface area contributed by atoms with E-state index < -0.39 is 85.0 Å². The Morgan fingerprint density at radius 2 is 1.28 bits per heavy atom. The Hall–Kier alpha value is -2.88. The van der Waals surface area contributed by atoms with Crippen molar-refractivity contribution < 1.29 is 49.1 Å². The summed E-state index contributed by atoms with van der Waals surface area (Å²) in [5.41, 5.74) is 10.9. The van der Waals surface area contributed by atoms with Crippen LogP contribution in [0.15, 0.2) is 4.99 Å². The number of hydrogen-bond donors (Lipinski definition) is 11. The van der Waals surface area contributed by atoms with Crippen molar-refractivity contribution in [2.75, 3.05) is 37.2 Å². The van der Waals surface area contributed by atoms with Crippen LogP contribution in [0.4, 0.5) is 0 Å². The Morgan fingerprint density at radius 3 is 1.79 bits per heavy atom. The molecular formula is C33H60N8O10S2. The van der Waals surface area contributed by atoms with Gasteiger partial charge < -0.3 is 63.2 Å². The first-order chi connectivity index (χ1) is 25.2. The van der Waals surface area contributed by atoms with Crippen LogP contribution < -0.4 is 38.1 Å². The molecule has 2 fully saturated rings. The quantitative estimate of drug-likeness (QED) is 0.0304. The Balaban J connectivity index is 2.25. The van der Waals surface area contributed by atoms with Crippen LogP contribution in [0.2, 0.25) is 0 Å². The van der Waals surface area contributed by atoms with Crippen LogP contribution in [0.25, 0.3) is 0 Å². The van der Waals surface area contributed by atoms with E-state index in [4.69, 9.17) is 16.2 Å². The third-order valence-electron chi connectivity index (χ3n) is 9.23. The molecule has 0 radical (unpaired) electrons. The molecule has 2 aliphatic rings. The Morgan fingerprint density at radius 1 is 0.755 bits per heavy atom. The summed E-state index contributed by atoms with van der Waals surface area (Å²) in [5.74, 6) is -2.00. The van der Waals surface area contributed by atoms with Gasteiger partial charge in [0.15, 0.2) is 12.2 Å². The van der Waals surface area contributed by atoms with E-state index in [9.17, 15) is 44.4 Å². The fourth-order valence-corrected chi connectivity index (χ4v) is 7.24. The molecule has 0 spiro atoms. The molecule has 0 unspecified atom stereocenters. The molecule has 9 atom stereocenters. The molecule has 2 rings (SSSR count). The van der Waals surface area contributed by atoms with Crippen molar-refractivity contribution in [2.45, 2.75) is 126 Å². The van der Waals surface area contributed by atoms with Crippen LogP contribution in [0, 0.1) is 5.92 Å². The topological polar surface area (TPSA) is 300 Å². The molecule has 1 aliphatic heterocycles. The molecule has 1 saturated heterocycles. The summed E-state index contributed by atoms with van der Waals surface area (Å²) in [7, 11) is 0. The molecule has 5 amide bonds. The van der Waals surface area contributed by atoms with E-state index in [0.29, 0.717) is 24.3 Å². The number of nitrogens with one attached hydrogen (secondary N) is 5. The smallest absolute Gasteiger partial charge is 0.244 e. The Kier molecular flexibility index (Phi) is 21.4. The zero-order valence-corrected chi connectivity index (χ0v) is 32.5. The minimum absolute atomic E-state index is 0.110. The number of nitrogens with two attached hydrogens (primary N) is 2. The van der Waals surface area contributed by atoms with Gasteiger partial charge in [0.05, 0.1) is 6.61 Å². The standard InChI is InChI=1S/C33H60N8O10S2/c1-18(43)37-23(16-19-8-5-4-6-9-19)31(50)38-20(10-7-13-36-33(34)35)28(47)39-21(11-14-52-2)29(48)40-22(12-15-53-3)30(49)41-32-27(46)26(45)25(44)24(17-42)51-32/h19-27,32,42,44-46H,4-17H2,1-3H3,(H,37,43)(H,38,50)(H,39,47)(H,40,48)(H,41,49)(H4,34,35,36)/t20-,21-,22-,23-,24-,25-,26+,27+,32+/m0/s1. The summed E-state index contributed by atoms with van der Waals surface area (Å²) in [6.07, 6.45) is 2.07. The van der Waals surface area contributed by atoms with E-state index in [1.807, 2.05) is 12.5 Å². The van der Waals surface area contributed by atoms with Gasteiger partial charge in [-0.2, -0.15) is 23.5 Å². The van der Waals surface area contributed by atoms with Crippen LogP contribution in [-0.4, -0.2) is 148 Å². The Bertz CT molecular complexity index is 1210. The van der Waals surface area contributed by atoms with Crippen LogP contribution in [0.1, 0.15) is 71.1 Å². The Labute approximate surface area is 319 Å². The average Bonchev–Trinajstić information content (AvgIpc) is 3.12. The summed E-state index contributed by atoms with van der Waals surface area (Å²) in [4.78, 5) is 70.7. The minimum atomic E-state index is -1.73. The number of aliphatic hydroxyl groups is 4. The molecule has 18 nitrogen and oxygen atoms in total. The van der Waals surface area contributed by atoms with Gasteiger partial charge in [-0.3, -0.25) is 29.0 Å². The normalized spacial score (nSPS) is 24.1. The SMILES string of the molecule is CSCC[C@H](NC(=O)[C@H](CCCN=C(N)N)NC(=O)[C@H](CC1CCCCC1)NC(C)=O)C(=O)N[C@@H](CCSC)C(=O)N[C@@H]1O[C@@H](CO)[C@H](O)[C@@H](O)[C@H]1O. The molecular weight excluding hydrogens is 733 g/mol. The first kappa shape index (κ1) is 46.3. The molecule has 20 heteroatoms. The van der Waals surface area contributed by atoms with Crippen LogP contribution in [0.3, 0.4) is 0 Å². The number of amides is 5. The number of aliphatic hydroxyl groups excluding tert-OH is 4. The van der Waals surface area contributed by atoms with Gasteiger partial charge in [0.1, 0.15) is 48.6 Å². The molecule has 0 aromatic rings. The average molecular weight is 793 g/mol. The maximum atomic E-state index is 13.8. The van der Waals surface area contributed by atoms with Gasteiger partial charge in [0.2, 0.25) is 29.5 Å². The molecule has 0 bridgehead atoms. The highest BCUT2D eigenvalue weighted by Gasteiger charge is 2.44. The largest absolute Gasteiger partial charge is 0.394 e. The van der Waals surface area contributed by atoms with E-state index in [0.717, 1.165) is 32.1 Å². The van der Waals surface area contributed by atoms with Gasteiger partial charge in [-0.05, 0) is 62.0 Å². The van der Waals surface area contributed by atoms with E-state index >= 15 is 0 Å². The molecule has 53 heavy (non-hydrogen) atoms. The number of hydrogen-bond acceptors (Lipinski definition) is 13. The van der Waals surface area contributed by atoms with Crippen molar-refractivity contribution in [3.63, 3.8) is 0 Å². The second-order valence-corrected chi connectivity index (χ2v) is 15.4. The van der Waals surface area contributed by atoms with Gasteiger partial charge in [0.25, 0.3) is 0 Å². The number of rotatable bonds is 22. The van der Waals surface area contributed by atoms with Crippen molar-refractivity contribution in [3.05, 3.63) is 0 Å². The van der Waals surface area contributed by atoms with Gasteiger partial charge in [-0.25, -0.2) is 0 Å². The first-order valence-electron chi connectivity index (χ1n) is 18.0. The molecule has 0 aromatic heterocycles. The summed E-state index contributed by atoms with van der Waals surface area (Å²) >= 11 is 2.85. The van der Waals surface area contributed by atoms with Crippen molar-refractivity contribution >= 4 is 59.0 Å². The van der Waals surface area contributed by atoms with E-state index in [1.54, 1.807) is 0 Å². The number of nitrogens with zero attached hydrogens (tertiary/aromatic N) is 1. The highest BCUT2D eigenvalue weighted by molar-refractivity contribution is 7.98. The van der Waals surface area contributed by atoms with Crippen LogP contribution in [0.5, 0.6) is 0 Å². The second kappa shape index (κ2) is 24.5. The molecule has 0 aromatic carbocycles. The maximum Gasteiger partial charge on any atom is 0.244 e. The zero-order valence-electron chi connectivity index (χ0n) is 30.8. The summed E-state index contributed by atoms with van der Waals surface area (Å²) in [6.45, 7) is 0.813. The second-order valence-electron chi connectivity index (χ2n) is 13.4. The third-order valence-corrected chi connectivity index (χ3v) is 10.5. The fourth-order valence-electron chi connectivity index (χ4n) is 6.29. The lowest BCUT2D eigenvalue weighted by Gasteiger charge is -2.40. The van der Waals surface area contributed by atoms with E-state index in [2.05, 4.69) is 31.6 Å². The summed E-state index contributed by atoms with van der Waals surface area (Å²) in [5, 5.41) is 53.6. The van der Waals surface area contributed by atoms with Gasteiger partial charge in [-0.1, -0.05) is 32.1 Å². The number of ether oxygens (including phenoxy) is 1. The number of aliphatic imine (C=N–C) groups is 1. The predicted molar refractivity (Wildman–Crippen MR) is 202 cm³/mol. The molecule has 13 N–H and O–H groups in total. The lowest BCUT2D eigenvalue weighted by atomic mass is 9.84. The number of guanidine groups is 1. The van der Waals surface area contributed by atoms with Crippen LogP contribution >= 0.6 is 23.5 Å². The van der Waals surface area contributed by atoms with Crippen molar-refractivity contribution in [3.8, 4) is 0 Å². The molecule has 1 heterocycles. The van der Waals surface area contributed by atoms with Gasteiger partial charge in [0, 0.05) is 13.5 Å². The molecule has 304 valence electrons. The summed E-state index contributed by atoms with van der Waals surface area (Å²) < 4.78 is 5.41. The van der Waals surface area contributed by atoms with Gasteiger partial charge in [-0.15, -0.1) is 0 Å². The third kappa shape index (κ3) is 16.2. The number of carbonyl (C=O) groups excluding carboxylic acids is 5. The van der Waals surface area contributed by atoms with E-state index in [1.165, 1.54) is 30.4 Å². The monoisotopic (exact) mass is 792 g/mol. The number of carbonyl (C=O) groups is 5. The van der Waals surface area contributed by atoms with Crippen molar-refractivity contribution in [2.24, 2.45) is 22.4 Å². The maximum absolute atomic E-state index is 13.8. The van der Waals surface area contributed by atoms with Crippen molar-refractivity contribution in [1.29, 1.82) is 0 Å². The number of thioether (sulfide) groups is 2. The summed E-state index contributed by atoms with van der Waals surface area (Å²) in [6, 6.07) is -4.27. The minimum Gasteiger partial charge on any atom is -0.394 e. The highest BCUT2D eigenvalue weighted by Crippen LogP contribution is 2.27. The van der Waals surface area contributed by atoms with Gasteiger partial charge >= 0.3 is 0 Å².